The minimum absolute atomic E-state index is 0.00498. The number of rotatable bonds is 4. The van der Waals surface area contributed by atoms with E-state index in [1.165, 1.54) is 17.4 Å². The Balaban J connectivity index is 1.62. The molecule has 1 N–H and O–H groups in total. The number of aromatic nitrogens is 2. The van der Waals surface area contributed by atoms with Crippen LogP contribution in [0.5, 0.6) is 0 Å². The molecular formula is C13H12FN3OS. The van der Waals surface area contributed by atoms with Gasteiger partial charge in [-0.2, -0.15) is 0 Å². The zero-order valence-corrected chi connectivity index (χ0v) is 10.9. The molecule has 3 rings (SSSR count). The van der Waals surface area contributed by atoms with Gasteiger partial charge in [0, 0.05) is 5.92 Å². The number of carbonyl (C=O) groups excluding carboxylic acids is 1. The molecule has 6 heteroatoms. The van der Waals surface area contributed by atoms with Crippen molar-refractivity contribution in [1.29, 1.82) is 0 Å². The lowest BCUT2D eigenvalue weighted by Gasteiger charge is -2.02. The summed E-state index contributed by atoms with van der Waals surface area (Å²) in [5.74, 6) is -0.119. The largest absolute Gasteiger partial charge is 0.300 e. The van der Waals surface area contributed by atoms with Gasteiger partial charge in [-0.3, -0.25) is 4.79 Å². The highest BCUT2D eigenvalue weighted by Gasteiger charge is 2.27. The average molecular weight is 277 g/mol. The molecule has 0 unspecified atom stereocenters. The number of amides is 1. The predicted octanol–water partition coefficient (Wildman–Crippen LogP) is 2.74. The molecule has 1 amide bonds. The van der Waals surface area contributed by atoms with Crippen molar-refractivity contribution < 1.29 is 9.18 Å². The standard InChI is InChI=1S/C13H12FN3OS/c14-10-4-2-1-3-9(10)7-11(18)15-13-17-16-12(19-13)8-5-6-8/h1-4,8H,5-7H2,(H,15,17,18). The first-order valence-corrected chi connectivity index (χ1v) is 6.90. The van der Waals surface area contributed by atoms with E-state index >= 15 is 0 Å². The van der Waals surface area contributed by atoms with Crippen LogP contribution in [-0.2, 0) is 11.2 Å². The van der Waals surface area contributed by atoms with Crippen LogP contribution in [-0.4, -0.2) is 16.1 Å². The third-order valence-corrected chi connectivity index (χ3v) is 3.92. The molecule has 4 nitrogen and oxygen atoms in total. The van der Waals surface area contributed by atoms with Gasteiger partial charge < -0.3 is 5.32 Å². The third kappa shape index (κ3) is 2.96. The maximum Gasteiger partial charge on any atom is 0.230 e. The quantitative estimate of drug-likeness (QED) is 0.935. The van der Waals surface area contributed by atoms with Crippen LogP contribution < -0.4 is 5.32 Å². The lowest BCUT2D eigenvalue weighted by molar-refractivity contribution is -0.115. The molecule has 1 aromatic heterocycles. The highest BCUT2D eigenvalue weighted by molar-refractivity contribution is 7.15. The lowest BCUT2D eigenvalue weighted by Crippen LogP contribution is -2.15. The number of hydrogen-bond acceptors (Lipinski definition) is 4. The van der Waals surface area contributed by atoms with Crippen LogP contribution in [0, 0.1) is 5.82 Å². The Labute approximate surface area is 113 Å². The second-order valence-corrected chi connectivity index (χ2v) is 5.55. The molecule has 0 saturated heterocycles. The third-order valence-electron chi connectivity index (χ3n) is 2.92. The second-order valence-electron chi connectivity index (χ2n) is 4.54. The van der Waals surface area contributed by atoms with Gasteiger partial charge in [-0.25, -0.2) is 4.39 Å². The van der Waals surface area contributed by atoms with Crippen molar-refractivity contribution in [1.82, 2.24) is 10.2 Å². The zero-order valence-electron chi connectivity index (χ0n) is 10.1. The van der Waals surface area contributed by atoms with E-state index in [0.717, 1.165) is 17.8 Å². The van der Waals surface area contributed by atoms with Crippen molar-refractivity contribution in [3.8, 4) is 0 Å². The summed E-state index contributed by atoms with van der Waals surface area (Å²) in [4.78, 5) is 11.8. The molecule has 2 aromatic rings. The van der Waals surface area contributed by atoms with Crippen molar-refractivity contribution in [2.45, 2.75) is 25.2 Å². The van der Waals surface area contributed by atoms with Crippen LogP contribution in [0.15, 0.2) is 24.3 Å². The lowest BCUT2D eigenvalue weighted by atomic mass is 10.1. The maximum absolute atomic E-state index is 13.4. The Hall–Kier alpha value is -1.82. The van der Waals surface area contributed by atoms with Gasteiger partial charge >= 0.3 is 0 Å². The van der Waals surface area contributed by atoms with Gasteiger partial charge in [0.05, 0.1) is 6.42 Å². The summed E-state index contributed by atoms with van der Waals surface area (Å²) < 4.78 is 13.4. The molecule has 19 heavy (non-hydrogen) atoms. The number of anilines is 1. The fourth-order valence-corrected chi connectivity index (χ4v) is 2.69. The molecule has 0 spiro atoms. The molecule has 1 saturated carbocycles. The van der Waals surface area contributed by atoms with E-state index in [-0.39, 0.29) is 18.1 Å². The number of hydrogen-bond donors (Lipinski definition) is 1. The monoisotopic (exact) mass is 277 g/mol. The highest BCUT2D eigenvalue weighted by Crippen LogP contribution is 2.42. The summed E-state index contributed by atoms with van der Waals surface area (Å²) in [5, 5.41) is 12.1. The first-order valence-electron chi connectivity index (χ1n) is 6.09. The first kappa shape index (κ1) is 12.2. The highest BCUT2D eigenvalue weighted by atomic mass is 32.1. The molecule has 1 heterocycles. The topological polar surface area (TPSA) is 54.9 Å². The minimum Gasteiger partial charge on any atom is -0.300 e. The summed E-state index contributed by atoms with van der Waals surface area (Å²) in [6, 6.07) is 6.26. The average Bonchev–Trinajstić information content (AvgIpc) is 3.14. The van der Waals surface area contributed by atoms with Crippen LogP contribution in [0.25, 0.3) is 0 Å². The van der Waals surface area contributed by atoms with E-state index in [2.05, 4.69) is 15.5 Å². The molecule has 1 aromatic carbocycles. The Bertz CT molecular complexity index is 609. The second kappa shape index (κ2) is 5.05. The van der Waals surface area contributed by atoms with Crippen molar-refractivity contribution in [2.75, 3.05) is 5.32 Å². The Morgan fingerprint density at radius 2 is 2.16 bits per heavy atom. The Kier molecular flexibility index (Phi) is 3.25. The van der Waals surface area contributed by atoms with Crippen molar-refractivity contribution in [2.24, 2.45) is 0 Å². The number of nitrogens with one attached hydrogen (secondary N) is 1. The Morgan fingerprint density at radius 1 is 1.37 bits per heavy atom. The number of carbonyl (C=O) groups is 1. The Morgan fingerprint density at radius 3 is 2.89 bits per heavy atom. The molecule has 1 aliphatic carbocycles. The van der Waals surface area contributed by atoms with Crippen LogP contribution in [0.2, 0.25) is 0 Å². The smallest absolute Gasteiger partial charge is 0.230 e. The van der Waals surface area contributed by atoms with Gasteiger partial charge in [0.15, 0.2) is 0 Å². The minimum atomic E-state index is -0.367. The fraction of sp³-hybridized carbons (Fsp3) is 0.308. The summed E-state index contributed by atoms with van der Waals surface area (Å²) in [7, 11) is 0. The summed E-state index contributed by atoms with van der Waals surface area (Å²) >= 11 is 1.40. The van der Waals surface area contributed by atoms with Crippen molar-refractivity contribution >= 4 is 22.4 Å². The molecule has 0 aliphatic heterocycles. The van der Waals surface area contributed by atoms with E-state index in [0.29, 0.717) is 16.6 Å². The van der Waals surface area contributed by atoms with Crippen molar-refractivity contribution in [3.05, 3.63) is 40.7 Å². The van der Waals surface area contributed by atoms with Gasteiger partial charge in [-0.15, -0.1) is 10.2 Å². The molecule has 0 radical (unpaired) electrons. The van der Waals surface area contributed by atoms with Gasteiger partial charge in [-0.1, -0.05) is 29.5 Å². The summed E-state index contributed by atoms with van der Waals surface area (Å²) in [6.45, 7) is 0. The molecular weight excluding hydrogens is 265 g/mol. The summed E-state index contributed by atoms with van der Waals surface area (Å²) in [5.41, 5.74) is 0.381. The van der Waals surface area contributed by atoms with Crippen LogP contribution in [0.3, 0.4) is 0 Å². The van der Waals surface area contributed by atoms with Crippen molar-refractivity contribution in [3.63, 3.8) is 0 Å². The normalized spacial score (nSPS) is 14.4. The van der Waals surface area contributed by atoms with Crippen LogP contribution in [0.4, 0.5) is 9.52 Å². The van der Waals surface area contributed by atoms with E-state index in [9.17, 15) is 9.18 Å². The first-order chi connectivity index (χ1) is 9.22. The molecule has 0 bridgehead atoms. The molecule has 0 atom stereocenters. The predicted molar refractivity (Wildman–Crippen MR) is 70.6 cm³/mol. The summed E-state index contributed by atoms with van der Waals surface area (Å²) in [6.07, 6.45) is 2.31. The van der Waals surface area contributed by atoms with Gasteiger partial charge in [0.2, 0.25) is 11.0 Å². The molecule has 98 valence electrons. The SMILES string of the molecule is O=C(Cc1ccccc1F)Nc1nnc(C2CC2)s1. The van der Waals surface area contributed by atoms with E-state index in [1.807, 2.05) is 0 Å². The van der Waals surface area contributed by atoms with Gasteiger partial charge in [0.1, 0.15) is 10.8 Å². The molecule has 1 fully saturated rings. The zero-order chi connectivity index (χ0) is 13.2. The maximum atomic E-state index is 13.4. The molecule has 1 aliphatic rings. The van der Waals surface area contributed by atoms with E-state index < -0.39 is 0 Å². The number of benzene rings is 1. The fourth-order valence-electron chi connectivity index (χ4n) is 1.76. The number of nitrogens with zero attached hydrogens (tertiary/aromatic N) is 2. The van der Waals surface area contributed by atoms with Gasteiger partial charge in [-0.05, 0) is 24.5 Å². The van der Waals surface area contributed by atoms with E-state index in [1.54, 1.807) is 18.2 Å². The van der Waals surface area contributed by atoms with Gasteiger partial charge in [0.25, 0.3) is 0 Å². The van der Waals surface area contributed by atoms with Crippen LogP contribution in [0.1, 0.15) is 29.3 Å². The van der Waals surface area contributed by atoms with E-state index in [4.69, 9.17) is 0 Å². The number of halogens is 1. The van der Waals surface area contributed by atoms with Crippen LogP contribution >= 0.6 is 11.3 Å².